The van der Waals surface area contributed by atoms with Gasteiger partial charge in [0.05, 0.1) is 12.2 Å². The van der Waals surface area contributed by atoms with Crippen LogP contribution in [0.25, 0.3) is 0 Å². The molecule has 1 aromatic carbocycles. The van der Waals surface area contributed by atoms with Crippen molar-refractivity contribution in [3.63, 3.8) is 0 Å². The number of ketones is 2. The van der Waals surface area contributed by atoms with E-state index >= 15 is 0 Å². The lowest BCUT2D eigenvalue weighted by atomic mass is 9.77. The van der Waals surface area contributed by atoms with Crippen LogP contribution in [0.5, 0.6) is 0 Å². The van der Waals surface area contributed by atoms with Crippen LogP contribution < -0.4 is 0 Å². The zero-order valence-electron chi connectivity index (χ0n) is 10.7. The van der Waals surface area contributed by atoms with Crippen molar-refractivity contribution in [2.75, 3.05) is 0 Å². The lowest BCUT2D eigenvalue weighted by Gasteiger charge is -2.36. The van der Waals surface area contributed by atoms with Crippen molar-refractivity contribution in [1.82, 2.24) is 0 Å². The summed E-state index contributed by atoms with van der Waals surface area (Å²) in [5.41, 5.74) is 1.26. The molecule has 19 heavy (non-hydrogen) atoms. The van der Waals surface area contributed by atoms with Gasteiger partial charge in [0.2, 0.25) is 0 Å². The molecule has 3 rings (SSSR count). The molecule has 1 aromatic rings. The molecule has 0 amide bonds. The van der Waals surface area contributed by atoms with Gasteiger partial charge in [0.25, 0.3) is 0 Å². The first kappa shape index (κ1) is 12.3. The molecular weight excluding hydrogens is 244 g/mol. The van der Waals surface area contributed by atoms with Gasteiger partial charge in [-0.05, 0) is 13.8 Å². The molecule has 98 valence electrons. The van der Waals surface area contributed by atoms with E-state index in [2.05, 4.69) is 0 Å². The molecule has 0 saturated carbocycles. The summed E-state index contributed by atoms with van der Waals surface area (Å²) in [4.78, 5) is 24.9. The van der Waals surface area contributed by atoms with Crippen molar-refractivity contribution >= 4 is 11.6 Å². The Bertz CT molecular complexity index is 614. The number of Topliss-reactive ketones (excluding diaryl/α,β-unsaturated/α-hetero) is 2. The van der Waals surface area contributed by atoms with Gasteiger partial charge in [0.15, 0.2) is 11.6 Å². The van der Waals surface area contributed by atoms with E-state index in [4.69, 9.17) is 4.74 Å². The molecule has 4 heteroatoms. The molecule has 0 unspecified atom stereocenters. The standard InChI is InChI=1S/C15H14O4/c1-7-11-12(13(16)8(2)19-7)15(18)10-6-4-3-5-9(10)14(11)17/h3-8,13,16H,1-2H3/t7-,8+,13-/m0/s1. The van der Waals surface area contributed by atoms with Crippen molar-refractivity contribution in [3.8, 4) is 0 Å². The van der Waals surface area contributed by atoms with Crippen LogP contribution in [0.1, 0.15) is 34.6 Å². The molecule has 0 aromatic heterocycles. The maximum absolute atomic E-state index is 12.5. The minimum Gasteiger partial charge on any atom is -0.386 e. The SMILES string of the molecule is C[C@@H]1O[C@H](C)[C@H](O)C2=C1C(=O)c1ccccc1C2=O. The van der Waals surface area contributed by atoms with E-state index in [0.717, 1.165) is 0 Å². The fourth-order valence-electron chi connectivity index (χ4n) is 2.81. The molecule has 1 aliphatic heterocycles. The molecule has 1 N–H and O–H groups in total. The second kappa shape index (κ2) is 4.11. The number of aliphatic hydroxyl groups is 1. The Morgan fingerprint density at radius 3 is 2.11 bits per heavy atom. The largest absolute Gasteiger partial charge is 0.386 e. The van der Waals surface area contributed by atoms with Gasteiger partial charge in [-0.2, -0.15) is 0 Å². The summed E-state index contributed by atoms with van der Waals surface area (Å²) in [6.45, 7) is 3.43. The quantitative estimate of drug-likeness (QED) is 0.766. The first-order valence-corrected chi connectivity index (χ1v) is 6.28. The summed E-state index contributed by atoms with van der Waals surface area (Å²) in [6, 6.07) is 6.70. The third-order valence-corrected chi connectivity index (χ3v) is 3.76. The highest BCUT2D eigenvalue weighted by Crippen LogP contribution is 2.35. The van der Waals surface area contributed by atoms with Gasteiger partial charge in [-0.3, -0.25) is 9.59 Å². The topological polar surface area (TPSA) is 63.6 Å². The van der Waals surface area contributed by atoms with Gasteiger partial charge in [-0.25, -0.2) is 0 Å². The van der Waals surface area contributed by atoms with Gasteiger partial charge >= 0.3 is 0 Å². The number of rotatable bonds is 0. The molecular formula is C15H14O4. The van der Waals surface area contributed by atoms with Gasteiger partial charge in [0.1, 0.15) is 6.10 Å². The van der Waals surface area contributed by atoms with E-state index < -0.39 is 18.3 Å². The van der Waals surface area contributed by atoms with Crippen LogP contribution in [-0.2, 0) is 4.74 Å². The molecule has 0 saturated heterocycles. The number of hydrogen-bond donors (Lipinski definition) is 1. The Morgan fingerprint density at radius 2 is 1.53 bits per heavy atom. The minimum atomic E-state index is -1.05. The molecule has 4 nitrogen and oxygen atoms in total. The molecule has 1 aliphatic carbocycles. The van der Waals surface area contributed by atoms with Gasteiger partial charge < -0.3 is 9.84 Å². The van der Waals surface area contributed by atoms with E-state index in [0.29, 0.717) is 16.7 Å². The summed E-state index contributed by atoms with van der Waals surface area (Å²) >= 11 is 0. The number of carbonyl (C=O) groups excluding carboxylic acids is 2. The third-order valence-electron chi connectivity index (χ3n) is 3.76. The van der Waals surface area contributed by atoms with Crippen molar-refractivity contribution in [2.45, 2.75) is 32.2 Å². The fraction of sp³-hybridized carbons (Fsp3) is 0.333. The Labute approximate surface area is 110 Å². The fourth-order valence-corrected chi connectivity index (χ4v) is 2.81. The van der Waals surface area contributed by atoms with Crippen LogP contribution in [0.3, 0.4) is 0 Å². The van der Waals surface area contributed by atoms with Crippen LogP contribution >= 0.6 is 0 Å². The summed E-state index contributed by atoms with van der Waals surface area (Å²) in [6.07, 6.45) is -2.01. The summed E-state index contributed by atoms with van der Waals surface area (Å²) in [7, 11) is 0. The van der Waals surface area contributed by atoms with Crippen LogP contribution in [0.2, 0.25) is 0 Å². The van der Waals surface area contributed by atoms with Crippen LogP contribution in [0, 0.1) is 0 Å². The van der Waals surface area contributed by atoms with Crippen molar-refractivity contribution < 1.29 is 19.4 Å². The van der Waals surface area contributed by atoms with Gasteiger partial charge in [0, 0.05) is 22.3 Å². The maximum Gasteiger partial charge on any atom is 0.192 e. The Morgan fingerprint density at radius 1 is 1.00 bits per heavy atom. The number of aliphatic hydroxyl groups excluding tert-OH is 1. The van der Waals surface area contributed by atoms with Gasteiger partial charge in [-0.15, -0.1) is 0 Å². The van der Waals surface area contributed by atoms with E-state index in [-0.39, 0.29) is 17.1 Å². The lowest BCUT2D eigenvalue weighted by Crippen LogP contribution is -2.45. The van der Waals surface area contributed by atoms with E-state index in [1.807, 2.05) is 0 Å². The van der Waals surface area contributed by atoms with Crippen molar-refractivity contribution in [3.05, 3.63) is 46.5 Å². The van der Waals surface area contributed by atoms with Crippen LogP contribution in [-0.4, -0.2) is 35.0 Å². The van der Waals surface area contributed by atoms with Crippen LogP contribution in [0.4, 0.5) is 0 Å². The number of hydrogen-bond acceptors (Lipinski definition) is 4. The normalized spacial score (nSPS) is 30.2. The Balaban J connectivity index is 2.25. The Kier molecular flexibility index (Phi) is 2.66. The highest BCUT2D eigenvalue weighted by molar-refractivity contribution is 6.27. The highest BCUT2D eigenvalue weighted by atomic mass is 16.5. The predicted octanol–water partition coefficient (Wildman–Crippen LogP) is 1.53. The second-order valence-electron chi connectivity index (χ2n) is 4.96. The smallest absolute Gasteiger partial charge is 0.192 e. The first-order valence-electron chi connectivity index (χ1n) is 6.28. The molecule has 0 radical (unpaired) electrons. The zero-order chi connectivity index (χ0) is 13.7. The molecule has 0 fully saturated rings. The molecule has 0 spiro atoms. The predicted molar refractivity (Wildman–Crippen MR) is 68.1 cm³/mol. The van der Waals surface area contributed by atoms with Gasteiger partial charge in [-0.1, -0.05) is 24.3 Å². The summed E-state index contributed by atoms with van der Waals surface area (Å²) in [5, 5.41) is 10.1. The number of benzene rings is 1. The second-order valence-corrected chi connectivity index (χ2v) is 4.96. The van der Waals surface area contributed by atoms with E-state index in [9.17, 15) is 14.7 Å². The lowest BCUT2D eigenvalue weighted by molar-refractivity contribution is -0.0492. The zero-order valence-corrected chi connectivity index (χ0v) is 10.7. The summed E-state index contributed by atoms with van der Waals surface area (Å²) in [5.74, 6) is -0.483. The average molecular weight is 258 g/mol. The van der Waals surface area contributed by atoms with E-state index in [1.165, 1.54) is 0 Å². The number of carbonyl (C=O) groups is 2. The molecule has 1 heterocycles. The maximum atomic E-state index is 12.5. The van der Waals surface area contributed by atoms with Crippen molar-refractivity contribution in [2.24, 2.45) is 0 Å². The third kappa shape index (κ3) is 1.60. The highest BCUT2D eigenvalue weighted by Gasteiger charge is 2.43. The van der Waals surface area contributed by atoms with Crippen molar-refractivity contribution in [1.29, 1.82) is 0 Å². The number of ether oxygens (including phenoxy) is 1. The molecule has 2 aliphatic rings. The monoisotopic (exact) mass is 258 g/mol. The van der Waals surface area contributed by atoms with E-state index in [1.54, 1.807) is 38.1 Å². The first-order chi connectivity index (χ1) is 9.02. The Hall–Kier alpha value is -1.78. The number of fused-ring (bicyclic) bond motifs is 1. The average Bonchev–Trinajstić information content (AvgIpc) is 2.40. The molecule has 0 bridgehead atoms. The van der Waals surface area contributed by atoms with Crippen LogP contribution in [0.15, 0.2) is 35.4 Å². The minimum absolute atomic E-state index is 0.204. The molecule has 3 atom stereocenters. The summed E-state index contributed by atoms with van der Waals surface area (Å²) < 4.78 is 5.52.